The van der Waals surface area contributed by atoms with Gasteiger partial charge in [-0.1, -0.05) is 11.8 Å². The lowest BCUT2D eigenvalue weighted by atomic mass is 9.96. The van der Waals surface area contributed by atoms with Crippen molar-refractivity contribution in [2.75, 3.05) is 6.61 Å². The molecule has 0 fully saturated rings. The first-order valence-corrected chi connectivity index (χ1v) is 9.20. The summed E-state index contributed by atoms with van der Waals surface area (Å²) < 4.78 is 5.21. The molecular weight excluding hydrogens is 348 g/mol. The van der Waals surface area contributed by atoms with E-state index in [9.17, 15) is 14.7 Å². The molecule has 24 heavy (non-hydrogen) atoms. The molecule has 6 nitrogen and oxygen atoms in total. The van der Waals surface area contributed by atoms with Crippen molar-refractivity contribution in [1.29, 1.82) is 0 Å². The third-order valence-electron chi connectivity index (χ3n) is 3.69. The van der Waals surface area contributed by atoms with Gasteiger partial charge in [0, 0.05) is 5.70 Å². The number of amidine groups is 1. The highest BCUT2D eigenvalue weighted by Gasteiger charge is 2.41. The van der Waals surface area contributed by atoms with Crippen LogP contribution in [0.3, 0.4) is 0 Å². The van der Waals surface area contributed by atoms with E-state index < -0.39 is 18.0 Å². The summed E-state index contributed by atoms with van der Waals surface area (Å²) in [5, 5.41) is 15.5. The molecular formula is C16H16N2O4S2. The van der Waals surface area contributed by atoms with E-state index in [-0.39, 0.29) is 13.0 Å². The van der Waals surface area contributed by atoms with Gasteiger partial charge in [0.2, 0.25) is 0 Å². The Labute approximate surface area is 147 Å². The number of carbonyl (C=O) groups excluding carboxylic acids is 1. The Hall–Kier alpha value is -2.06. The smallest absolute Gasteiger partial charge is 0.338 e. The fourth-order valence-electron chi connectivity index (χ4n) is 2.74. The van der Waals surface area contributed by atoms with Crippen molar-refractivity contribution in [1.82, 2.24) is 4.90 Å². The van der Waals surface area contributed by atoms with Gasteiger partial charge in [0.1, 0.15) is 0 Å². The minimum Gasteiger partial charge on any atom is -0.481 e. The van der Waals surface area contributed by atoms with Crippen molar-refractivity contribution in [3.05, 3.63) is 44.8 Å². The average molecular weight is 364 g/mol. The van der Waals surface area contributed by atoms with Gasteiger partial charge in [-0.3, -0.25) is 4.79 Å². The van der Waals surface area contributed by atoms with Crippen LogP contribution >= 0.6 is 23.1 Å². The largest absolute Gasteiger partial charge is 0.481 e. The predicted octanol–water partition coefficient (Wildman–Crippen LogP) is 3.36. The monoisotopic (exact) mass is 364 g/mol. The van der Waals surface area contributed by atoms with E-state index in [0.717, 1.165) is 5.56 Å². The third-order valence-corrected chi connectivity index (χ3v) is 5.28. The number of hydrogen-bond donors (Lipinski definition) is 1. The number of rotatable bonds is 5. The van der Waals surface area contributed by atoms with Crippen LogP contribution in [0.15, 0.2) is 44.2 Å². The molecule has 1 unspecified atom stereocenters. The number of aliphatic imine (C=N–C) groups is 1. The van der Waals surface area contributed by atoms with Crippen LogP contribution in [0.2, 0.25) is 0 Å². The summed E-state index contributed by atoms with van der Waals surface area (Å²) >= 11 is 2.90. The zero-order valence-electron chi connectivity index (χ0n) is 13.2. The molecule has 3 heterocycles. The second kappa shape index (κ2) is 6.82. The maximum Gasteiger partial charge on any atom is 0.338 e. The fraction of sp³-hybridized carbons (Fsp3) is 0.312. The molecule has 2 aliphatic heterocycles. The summed E-state index contributed by atoms with van der Waals surface area (Å²) in [5.41, 5.74) is 2.61. The van der Waals surface area contributed by atoms with E-state index in [0.29, 0.717) is 22.1 Å². The topological polar surface area (TPSA) is 79.2 Å². The number of esters is 1. The molecule has 1 N–H and O–H groups in total. The number of thioether (sulfide) groups is 1. The van der Waals surface area contributed by atoms with Crippen LogP contribution < -0.4 is 0 Å². The first-order chi connectivity index (χ1) is 11.5. The lowest BCUT2D eigenvalue weighted by molar-refractivity contribution is -0.139. The van der Waals surface area contributed by atoms with Crippen LogP contribution in [0, 0.1) is 0 Å². The highest BCUT2D eigenvalue weighted by atomic mass is 32.2. The number of carbonyl (C=O) groups is 2. The predicted molar refractivity (Wildman–Crippen MR) is 93.6 cm³/mol. The summed E-state index contributed by atoms with van der Waals surface area (Å²) in [7, 11) is 0. The minimum atomic E-state index is -0.920. The van der Waals surface area contributed by atoms with E-state index in [1.165, 1.54) is 23.1 Å². The van der Waals surface area contributed by atoms with Gasteiger partial charge in [0.25, 0.3) is 0 Å². The molecule has 3 rings (SSSR count). The molecule has 1 aromatic heterocycles. The summed E-state index contributed by atoms with van der Waals surface area (Å²) in [4.78, 5) is 30.0. The standard InChI is InChI=1S/C16H16N2O4S2/c1-3-22-15(21)13-9(2)17-16-18(11(8-24-16)6-12(19)20)14(13)10-4-5-23-7-10/h4-5,7-8,14H,3,6H2,1-2H3,(H,19,20). The SMILES string of the molecule is CCOC(=O)C1=C(C)N=C2SC=C(CC(=O)O)N2C1c1ccsc1. The third kappa shape index (κ3) is 2.99. The van der Waals surface area contributed by atoms with Crippen molar-refractivity contribution < 1.29 is 19.4 Å². The van der Waals surface area contributed by atoms with Crippen molar-refractivity contribution in [3.63, 3.8) is 0 Å². The number of aliphatic carboxylic acids is 1. The Morgan fingerprint density at radius 2 is 2.25 bits per heavy atom. The minimum absolute atomic E-state index is 0.123. The molecule has 1 atom stereocenters. The number of ether oxygens (including phenoxy) is 1. The number of allylic oxidation sites excluding steroid dienone is 1. The van der Waals surface area contributed by atoms with Crippen molar-refractivity contribution >= 4 is 40.2 Å². The van der Waals surface area contributed by atoms with E-state index in [4.69, 9.17) is 4.74 Å². The van der Waals surface area contributed by atoms with Crippen LogP contribution in [0.25, 0.3) is 0 Å². The Balaban J connectivity index is 2.08. The van der Waals surface area contributed by atoms with Gasteiger partial charge in [-0.15, -0.1) is 0 Å². The van der Waals surface area contributed by atoms with Crippen LogP contribution in [0.5, 0.6) is 0 Å². The van der Waals surface area contributed by atoms with Gasteiger partial charge >= 0.3 is 11.9 Å². The van der Waals surface area contributed by atoms with Crippen LogP contribution in [0.4, 0.5) is 0 Å². The zero-order valence-corrected chi connectivity index (χ0v) is 14.8. The zero-order chi connectivity index (χ0) is 17.3. The first kappa shape index (κ1) is 16.8. The number of thiophene rings is 1. The second-order valence-corrected chi connectivity index (χ2v) is 6.86. The van der Waals surface area contributed by atoms with Gasteiger partial charge in [-0.2, -0.15) is 11.3 Å². The van der Waals surface area contributed by atoms with Crippen molar-refractivity contribution in [3.8, 4) is 0 Å². The molecule has 0 aromatic carbocycles. The maximum atomic E-state index is 12.5. The number of fused-ring (bicyclic) bond motifs is 1. The average Bonchev–Trinajstić information content (AvgIpc) is 3.16. The van der Waals surface area contributed by atoms with Gasteiger partial charge in [0.05, 0.1) is 30.3 Å². The molecule has 1 aromatic rings. The molecule has 0 aliphatic carbocycles. The highest BCUT2D eigenvalue weighted by Crippen LogP contribution is 2.45. The Morgan fingerprint density at radius 3 is 2.88 bits per heavy atom. The number of hydrogen-bond acceptors (Lipinski definition) is 7. The molecule has 126 valence electrons. The van der Waals surface area contributed by atoms with Crippen LogP contribution in [0.1, 0.15) is 31.9 Å². The Morgan fingerprint density at radius 1 is 1.46 bits per heavy atom. The Kier molecular flexibility index (Phi) is 4.77. The van der Waals surface area contributed by atoms with E-state index in [2.05, 4.69) is 4.99 Å². The molecule has 0 bridgehead atoms. The molecule has 0 saturated carbocycles. The Bertz CT molecular complexity index is 765. The van der Waals surface area contributed by atoms with Gasteiger partial charge in [-0.05, 0) is 41.6 Å². The molecule has 8 heteroatoms. The van der Waals surface area contributed by atoms with Gasteiger partial charge in [0.15, 0.2) is 5.17 Å². The summed E-state index contributed by atoms with van der Waals surface area (Å²) in [6.45, 7) is 3.81. The lowest BCUT2D eigenvalue weighted by Gasteiger charge is -2.35. The summed E-state index contributed by atoms with van der Waals surface area (Å²) in [6.07, 6.45) is -0.123. The summed E-state index contributed by atoms with van der Waals surface area (Å²) in [5.74, 6) is -1.34. The second-order valence-electron chi connectivity index (χ2n) is 5.24. The molecule has 2 aliphatic rings. The quantitative estimate of drug-likeness (QED) is 0.807. The fourth-order valence-corrected chi connectivity index (χ4v) is 4.38. The molecule has 0 radical (unpaired) electrons. The maximum absolute atomic E-state index is 12.5. The van der Waals surface area contributed by atoms with Crippen molar-refractivity contribution in [2.24, 2.45) is 4.99 Å². The molecule has 0 spiro atoms. The van der Waals surface area contributed by atoms with Crippen molar-refractivity contribution in [2.45, 2.75) is 26.3 Å². The molecule has 0 saturated heterocycles. The summed E-state index contributed by atoms with van der Waals surface area (Å²) in [6, 6.07) is 1.52. The van der Waals surface area contributed by atoms with E-state index >= 15 is 0 Å². The van der Waals surface area contributed by atoms with E-state index in [1.54, 1.807) is 19.3 Å². The van der Waals surface area contributed by atoms with Crippen LogP contribution in [-0.4, -0.2) is 33.7 Å². The number of carboxylic acid groups (broad SMARTS) is 1. The number of carboxylic acids is 1. The number of nitrogens with zero attached hydrogens (tertiary/aromatic N) is 2. The first-order valence-electron chi connectivity index (χ1n) is 7.38. The van der Waals surface area contributed by atoms with E-state index in [1.807, 2.05) is 21.7 Å². The normalized spacial score (nSPS) is 19.8. The van der Waals surface area contributed by atoms with Gasteiger partial charge in [-0.25, -0.2) is 9.79 Å². The molecule has 0 amide bonds. The lowest BCUT2D eigenvalue weighted by Crippen LogP contribution is -2.37. The van der Waals surface area contributed by atoms with Crippen LogP contribution in [-0.2, 0) is 14.3 Å². The van der Waals surface area contributed by atoms with Gasteiger partial charge < -0.3 is 14.7 Å². The highest BCUT2D eigenvalue weighted by molar-refractivity contribution is 8.16.